The molecule has 0 aromatic rings. The highest BCUT2D eigenvalue weighted by molar-refractivity contribution is 6.08. The number of amides is 3. The summed E-state index contributed by atoms with van der Waals surface area (Å²) in [6.07, 6.45) is 3.94. The number of aliphatic carboxylic acids is 1. The van der Waals surface area contributed by atoms with Crippen molar-refractivity contribution in [3.05, 3.63) is 0 Å². The van der Waals surface area contributed by atoms with Crippen molar-refractivity contribution < 1.29 is 19.5 Å². The van der Waals surface area contributed by atoms with Gasteiger partial charge in [-0.15, -0.1) is 0 Å². The molecule has 3 amide bonds. The highest BCUT2D eigenvalue weighted by atomic mass is 16.4. The van der Waals surface area contributed by atoms with Crippen molar-refractivity contribution in [2.75, 3.05) is 6.54 Å². The number of hydrogen-bond donors (Lipinski definition) is 2. The fourth-order valence-electron chi connectivity index (χ4n) is 2.44. The van der Waals surface area contributed by atoms with E-state index < -0.39 is 30.0 Å². The molecule has 0 spiro atoms. The summed E-state index contributed by atoms with van der Waals surface area (Å²) in [4.78, 5) is 34.9. The lowest BCUT2D eigenvalue weighted by atomic mass is 9.76. The number of hydrogen-bond acceptors (Lipinski definition) is 3. The Morgan fingerprint density at radius 2 is 2.18 bits per heavy atom. The molecule has 6 heteroatoms. The van der Waals surface area contributed by atoms with Crippen molar-refractivity contribution in [3.8, 4) is 0 Å². The summed E-state index contributed by atoms with van der Waals surface area (Å²) in [6, 6.07) is -0.598. The number of carbonyl (C=O) groups excluding carboxylic acids is 2. The average molecular weight is 240 g/mol. The first kappa shape index (κ1) is 11.9. The van der Waals surface area contributed by atoms with Crippen LogP contribution >= 0.6 is 0 Å². The Hall–Kier alpha value is -1.59. The van der Waals surface area contributed by atoms with Crippen LogP contribution in [0.1, 0.15) is 32.6 Å². The standard InChI is InChI=1S/C11H16N2O4/c1-11(5-7-3-2-4-7)9(16)13(6-8(14)15)10(17)12-11/h7H,2-6H2,1H3,(H,12,17)(H,14,15). The van der Waals surface area contributed by atoms with E-state index in [-0.39, 0.29) is 0 Å². The van der Waals surface area contributed by atoms with E-state index in [4.69, 9.17) is 5.11 Å². The topological polar surface area (TPSA) is 86.7 Å². The Kier molecular flexibility index (Phi) is 2.81. The second-order valence-electron chi connectivity index (χ2n) is 5.05. The van der Waals surface area contributed by atoms with Gasteiger partial charge in [0.05, 0.1) is 0 Å². The quantitative estimate of drug-likeness (QED) is 0.703. The van der Waals surface area contributed by atoms with Gasteiger partial charge in [0.25, 0.3) is 5.91 Å². The van der Waals surface area contributed by atoms with E-state index in [1.807, 2.05) is 0 Å². The van der Waals surface area contributed by atoms with Crippen molar-refractivity contribution in [2.45, 2.75) is 38.1 Å². The van der Waals surface area contributed by atoms with Crippen LogP contribution in [0.2, 0.25) is 0 Å². The van der Waals surface area contributed by atoms with Gasteiger partial charge >= 0.3 is 12.0 Å². The highest BCUT2D eigenvalue weighted by Crippen LogP contribution is 2.35. The van der Waals surface area contributed by atoms with Crippen molar-refractivity contribution >= 4 is 17.9 Å². The molecular weight excluding hydrogens is 224 g/mol. The van der Waals surface area contributed by atoms with Crippen LogP contribution in [0, 0.1) is 5.92 Å². The number of rotatable bonds is 4. The summed E-state index contributed by atoms with van der Waals surface area (Å²) in [5, 5.41) is 11.3. The summed E-state index contributed by atoms with van der Waals surface area (Å²) in [5.41, 5.74) is -0.919. The molecule has 6 nitrogen and oxygen atoms in total. The predicted octanol–water partition coefficient (Wildman–Crippen LogP) is 0.572. The summed E-state index contributed by atoms with van der Waals surface area (Å²) in [6.45, 7) is 1.11. The Balaban J connectivity index is 2.07. The summed E-state index contributed by atoms with van der Waals surface area (Å²) >= 11 is 0. The second kappa shape index (κ2) is 4.01. The maximum absolute atomic E-state index is 12.0. The van der Waals surface area contributed by atoms with Gasteiger partial charge in [-0.3, -0.25) is 14.5 Å². The van der Waals surface area contributed by atoms with E-state index in [9.17, 15) is 14.4 Å². The number of urea groups is 1. The zero-order valence-electron chi connectivity index (χ0n) is 9.73. The minimum Gasteiger partial charge on any atom is -0.480 e. The van der Waals surface area contributed by atoms with E-state index in [0.29, 0.717) is 12.3 Å². The third-order valence-electron chi connectivity index (χ3n) is 3.56. The number of imide groups is 1. The second-order valence-corrected chi connectivity index (χ2v) is 5.05. The van der Waals surface area contributed by atoms with Crippen LogP contribution < -0.4 is 5.32 Å². The van der Waals surface area contributed by atoms with Crippen molar-refractivity contribution in [2.24, 2.45) is 5.92 Å². The SMILES string of the molecule is CC1(CC2CCC2)NC(=O)N(CC(=O)O)C1=O. The van der Waals surface area contributed by atoms with E-state index in [2.05, 4.69) is 5.32 Å². The van der Waals surface area contributed by atoms with Crippen LogP contribution in [-0.4, -0.2) is 40.0 Å². The van der Waals surface area contributed by atoms with Gasteiger partial charge in [-0.1, -0.05) is 19.3 Å². The molecule has 0 aromatic heterocycles. The van der Waals surface area contributed by atoms with Crippen LogP contribution in [0.25, 0.3) is 0 Å². The normalized spacial score (nSPS) is 29.1. The fraction of sp³-hybridized carbons (Fsp3) is 0.727. The van der Waals surface area contributed by atoms with Gasteiger partial charge in [0, 0.05) is 0 Å². The van der Waals surface area contributed by atoms with Crippen molar-refractivity contribution in [3.63, 3.8) is 0 Å². The lowest BCUT2D eigenvalue weighted by Gasteiger charge is -2.32. The molecule has 1 atom stereocenters. The molecule has 2 N–H and O–H groups in total. The third kappa shape index (κ3) is 2.11. The van der Waals surface area contributed by atoms with Gasteiger partial charge in [-0.25, -0.2) is 4.79 Å². The molecule has 94 valence electrons. The molecule has 0 bridgehead atoms. The van der Waals surface area contributed by atoms with Crippen LogP contribution in [0.3, 0.4) is 0 Å². The number of carboxylic acid groups (broad SMARTS) is 1. The van der Waals surface area contributed by atoms with Gasteiger partial charge in [0.2, 0.25) is 0 Å². The number of nitrogens with zero attached hydrogens (tertiary/aromatic N) is 1. The van der Waals surface area contributed by atoms with E-state index in [1.54, 1.807) is 6.92 Å². The zero-order chi connectivity index (χ0) is 12.6. The van der Waals surface area contributed by atoms with Gasteiger partial charge in [0.15, 0.2) is 0 Å². The fourth-order valence-corrected chi connectivity index (χ4v) is 2.44. The molecule has 1 aliphatic heterocycles. The Labute approximate surface area is 99.0 Å². The van der Waals surface area contributed by atoms with Gasteiger partial charge in [0.1, 0.15) is 12.1 Å². The lowest BCUT2D eigenvalue weighted by molar-refractivity contribution is -0.142. The minimum absolute atomic E-state index is 0.420. The molecule has 1 aliphatic carbocycles. The molecule has 2 fully saturated rings. The third-order valence-corrected chi connectivity index (χ3v) is 3.56. The van der Waals surface area contributed by atoms with Crippen molar-refractivity contribution in [1.29, 1.82) is 0 Å². The van der Waals surface area contributed by atoms with Gasteiger partial charge in [-0.2, -0.15) is 0 Å². The number of nitrogens with one attached hydrogen (secondary N) is 1. The predicted molar refractivity (Wildman–Crippen MR) is 58.2 cm³/mol. The Bertz CT molecular complexity index is 378. The monoisotopic (exact) mass is 240 g/mol. The van der Waals surface area contributed by atoms with E-state index >= 15 is 0 Å². The minimum atomic E-state index is -1.18. The average Bonchev–Trinajstić information content (AvgIpc) is 2.37. The molecule has 0 aromatic carbocycles. The van der Waals surface area contributed by atoms with E-state index in [0.717, 1.165) is 17.7 Å². The first-order valence-corrected chi connectivity index (χ1v) is 5.78. The molecule has 1 saturated carbocycles. The first-order chi connectivity index (χ1) is 7.92. The molecule has 0 radical (unpaired) electrons. The highest BCUT2D eigenvalue weighted by Gasteiger charge is 2.49. The maximum atomic E-state index is 12.0. The lowest BCUT2D eigenvalue weighted by Crippen LogP contribution is -2.46. The summed E-state index contributed by atoms with van der Waals surface area (Å²) in [5.74, 6) is -1.13. The molecule has 2 aliphatic rings. The molecule has 2 rings (SSSR count). The molecule has 17 heavy (non-hydrogen) atoms. The number of carbonyl (C=O) groups is 3. The van der Waals surface area contributed by atoms with Crippen molar-refractivity contribution in [1.82, 2.24) is 10.2 Å². The van der Waals surface area contributed by atoms with Crippen LogP contribution in [0.5, 0.6) is 0 Å². The Morgan fingerprint density at radius 3 is 2.65 bits per heavy atom. The van der Waals surface area contributed by atoms with Crippen LogP contribution in [-0.2, 0) is 9.59 Å². The smallest absolute Gasteiger partial charge is 0.325 e. The molecule has 1 heterocycles. The Morgan fingerprint density at radius 1 is 1.53 bits per heavy atom. The molecular formula is C11H16N2O4. The first-order valence-electron chi connectivity index (χ1n) is 5.78. The van der Waals surface area contributed by atoms with E-state index in [1.165, 1.54) is 6.42 Å². The maximum Gasteiger partial charge on any atom is 0.325 e. The largest absolute Gasteiger partial charge is 0.480 e. The summed E-state index contributed by atoms with van der Waals surface area (Å²) in [7, 11) is 0. The number of carboxylic acids is 1. The summed E-state index contributed by atoms with van der Waals surface area (Å²) < 4.78 is 0. The molecule has 1 unspecified atom stereocenters. The zero-order valence-corrected chi connectivity index (χ0v) is 9.73. The van der Waals surface area contributed by atoms with Crippen LogP contribution in [0.15, 0.2) is 0 Å². The van der Waals surface area contributed by atoms with Gasteiger partial charge in [-0.05, 0) is 19.3 Å². The van der Waals surface area contributed by atoms with Gasteiger partial charge < -0.3 is 10.4 Å². The van der Waals surface area contributed by atoms with Crippen LogP contribution in [0.4, 0.5) is 4.79 Å². The molecule has 1 saturated heterocycles.